The van der Waals surface area contributed by atoms with Crippen LogP contribution in [0.3, 0.4) is 0 Å². The van der Waals surface area contributed by atoms with Gasteiger partial charge in [-0.1, -0.05) is 0 Å². The van der Waals surface area contributed by atoms with Crippen LogP contribution in [0.4, 0.5) is 15.0 Å². The normalized spacial score (nSPS) is 18.2. The van der Waals surface area contributed by atoms with Crippen molar-refractivity contribution >= 4 is 11.8 Å². The predicted octanol–water partition coefficient (Wildman–Crippen LogP) is 2.28. The maximum atomic E-state index is 12.7. The van der Waals surface area contributed by atoms with Crippen LogP contribution in [0.1, 0.15) is 25.7 Å². The third kappa shape index (κ3) is 6.05. The lowest BCUT2D eigenvalue weighted by Crippen LogP contribution is -2.31. The fraction of sp³-hybridized carbons (Fsp3) is 0.571. The Hall–Kier alpha value is -1.73. The van der Waals surface area contributed by atoms with Gasteiger partial charge in [-0.15, -0.1) is 0 Å². The quantitative estimate of drug-likeness (QED) is 0.790. The van der Waals surface area contributed by atoms with Crippen molar-refractivity contribution < 1.29 is 18.7 Å². The van der Waals surface area contributed by atoms with Crippen LogP contribution in [0.2, 0.25) is 0 Å². The van der Waals surface area contributed by atoms with E-state index in [0.29, 0.717) is 25.4 Å². The van der Waals surface area contributed by atoms with Gasteiger partial charge in [0.2, 0.25) is 0 Å². The lowest BCUT2D eigenvalue weighted by Gasteiger charge is -2.22. The fourth-order valence-electron chi connectivity index (χ4n) is 1.94. The second-order valence-electron chi connectivity index (χ2n) is 4.76. The SMILES string of the molecule is O=C(NCCCOC1CCCCO1)Nc1ccc(F)cn1. The Labute approximate surface area is 123 Å². The summed E-state index contributed by atoms with van der Waals surface area (Å²) in [6, 6.07) is 2.27. The molecule has 1 aromatic rings. The van der Waals surface area contributed by atoms with Gasteiger partial charge >= 0.3 is 6.03 Å². The molecule has 1 unspecified atom stereocenters. The molecule has 1 aromatic heterocycles. The van der Waals surface area contributed by atoms with Crippen molar-refractivity contribution in [2.24, 2.45) is 0 Å². The number of hydrogen-bond acceptors (Lipinski definition) is 4. The molecule has 1 atom stereocenters. The topological polar surface area (TPSA) is 72.5 Å². The minimum atomic E-state index is -0.442. The van der Waals surface area contributed by atoms with Gasteiger partial charge in [0.15, 0.2) is 6.29 Å². The van der Waals surface area contributed by atoms with Crippen molar-refractivity contribution in [3.8, 4) is 0 Å². The third-order valence-electron chi connectivity index (χ3n) is 3.02. The van der Waals surface area contributed by atoms with E-state index in [1.807, 2.05) is 0 Å². The van der Waals surface area contributed by atoms with Gasteiger partial charge in [0.1, 0.15) is 11.6 Å². The molecule has 0 bridgehead atoms. The molecule has 1 fully saturated rings. The molecule has 0 spiro atoms. The van der Waals surface area contributed by atoms with Crippen LogP contribution >= 0.6 is 0 Å². The fourth-order valence-corrected chi connectivity index (χ4v) is 1.94. The molecule has 2 heterocycles. The molecule has 0 aliphatic carbocycles. The number of carbonyl (C=O) groups excluding carboxylic acids is 1. The standard InChI is InChI=1S/C14H20FN3O3/c15-11-5-6-12(17-10-11)18-14(19)16-7-3-9-21-13-4-1-2-8-20-13/h5-6,10,13H,1-4,7-9H2,(H2,16,17,18,19). The molecule has 0 aromatic carbocycles. The molecule has 6 nitrogen and oxygen atoms in total. The first-order valence-corrected chi connectivity index (χ1v) is 7.13. The highest BCUT2D eigenvalue weighted by Gasteiger charge is 2.13. The average Bonchev–Trinajstić information content (AvgIpc) is 2.50. The number of nitrogens with one attached hydrogen (secondary N) is 2. The molecule has 0 saturated carbocycles. The summed E-state index contributed by atoms with van der Waals surface area (Å²) in [5, 5.41) is 5.19. The van der Waals surface area contributed by atoms with Crippen molar-refractivity contribution in [1.82, 2.24) is 10.3 Å². The summed E-state index contributed by atoms with van der Waals surface area (Å²) >= 11 is 0. The van der Waals surface area contributed by atoms with Gasteiger partial charge in [-0.3, -0.25) is 5.32 Å². The van der Waals surface area contributed by atoms with Gasteiger partial charge < -0.3 is 14.8 Å². The van der Waals surface area contributed by atoms with E-state index in [4.69, 9.17) is 9.47 Å². The Balaban J connectivity index is 1.53. The second kappa shape index (κ2) is 8.53. The number of aromatic nitrogens is 1. The second-order valence-corrected chi connectivity index (χ2v) is 4.76. The van der Waals surface area contributed by atoms with Crippen molar-refractivity contribution in [2.45, 2.75) is 32.0 Å². The molecule has 2 amide bonds. The third-order valence-corrected chi connectivity index (χ3v) is 3.02. The summed E-state index contributed by atoms with van der Waals surface area (Å²) in [4.78, 5) is 15.3. The number of carbonyl (C=O) groups is 1. The number of hydrogen-bond donors (Lipinski definition) is 2. The van der Waals surface area contributed by atoms with E-state index in [1.54, 1.807) is 0 Å². The monoisotopic (exact) mass is 297 g/mol. The van der Waals surface area contributed by atoms with Crippen LogP contribution in [-0.2, 0) is 9.47 Å². The summed E-state index contributed by atoms with van der Waals surface area (Å²) in [5.41, 5.74) is 0. The van der Waals surface area contributed by atoms with Gasteiger partial charge in [0.25, 0.3) is 0 Å². The highest BCUT2D eigenvalue weighted by Crippen LogP contribution is 2.13. The lowest BCUT2D eigenvalue weighted by atomic mass is 10.2. The van der Waals surface area contributed by atoms with E-state index in [1.165, 1.54) is 12.1 Å². The molecule has 2 N–H and O–H groups in total. The molecular formula is C14H20FN3O3. The Morgan fingerprint density at radius 2 is 2.38 bits per heavy atom. The van der Waals surface area contributed by atoms with Crippen LogP contribution in [-0.4, -0.2) is 37.1 Å². The van der Waals surface area contributed by atoms with Crippen LogP contribution in [0.5, 0.6) is 0 Å². The minimum absolute atomic E-state index is 0.101. The Morgan fingerprint density at radius 1 is 1.48 bits per heavy atom. The Bertz CT molecular complexity index is 436. The molecule has 7 heteroatoms. The first kappa shape index (κ1) is 15.7. The maximum absolute atomic E-state index is 12.7. The summed E-state index contributed by atoms with van der Waals surface area (Å²) in [5.74, 6) is -0.135. The first-order valence-electron chi connectivity index (χ1n) is 7.13. The van der Waals surface area contributed by atoms with Gasteiger partial charge in [0.05, 0.1) is 12.8 Å². The maximum Gasteiger partial charge on any atom is 0.320 e. The number of ether oxygens (including phenoxy) is 2. The van der Waals surface area contributed by atoms with Gasteiger partial charge in [-0.05, 0) is 37.8 Å². The lowest BCUT2D eigenvalue weighted by molar-refractivity contribution is -0.162. The molecule has 2 rings (SSSR count). The molecule has 1 aliphatic heterocycles. The molecule has 1 saturated heterocycles. The molecular weight excluding hydrogens is 277 g/mol. The summed E-state index contributed by atoms with van der Waals surface area (Å²) in [7, 11) is 0. The number of urea groups is 1. The van der Waals surface area contributed by atoms with Gasteiger partial charge in [-0.25, -0.2) is 14.2 Å². The Kier molecular flexibility index (Phi) is 6.36. The van der Waals surface area contributed by atoms with E-state index in [0.717, 1.165) is 32.1 Å². The number of amides is 2. The van der Waals surface area contributed by atoms with Crippen LogP contribution in [0.15, 0.2) is 18.3 Å². The number of halogens is 1. The van der Waals surface area contributed by atoms with Crippen molar-refractivity contribution in [3.05, 3.63) is 24.1 Å². The number of anilines is 1. The Morgan fingerprint density at radius 3 is 3.10 bits per heavy atom. The number of pyridine rings is 1. The highest BCUT2D eigenvalue weighted by molar-refractivity contribution is 5.88. The van der Waals surface area contributed by atoms with Crippen LogP contribution in [0, 0.1) is 5.82 Å². The zero-order chi connectivity index (χ0) is 14.9. The van der Waals surface area contributed by atoms with Crippen LogP contribution in [0.25, 0.3) is 0 Å². The van der Waals surface area contributed by atoms with E-state index in [2.05, 4.69) is 15.6 Å². The van der Waals surface area contributed by atoms with Crippen LogP contribution < -0.4 is 10.6 Å². The van der Waals surface area contributed by atoms with E-state index >= 15 is 0 Å². The summed E-state index contributed by atoms with van der Waals surface area (Å²) in [6.45, 7) is 1.79. The molecule has 116 valence electrons. The van der Waals surface area contributed by atoms with Gasteiger partial charge in [0, 0.05) is 13.2 Å². The number of nitrogens with zero attached hydrogens (tertiary/aromatic N) is 1. The first-order chi connectivity index (χ1) is 10.2. The summed E-state index contributed by atoms with van der Waals surface area (Å²) in [6.07, 6.45) is 4.81. The van der Waals surface area contributed by atoms with Gasteiger partial charge in [-0.2, -0.15) is 0 Å². The van der Waals surface area contributed by atoms with Crippen molar-refractivity contribution in [2.75, 3.05) is 25.1 Å². The molecule has 0 radical (unpaired) electrons. The van der Waals surface area contributed by atoms with E-state index < -0.39 is 5.82 Å². The minimum Gasteiger partial charge on any atom is -0.353 e. The van der Waals surface area contributed by atoms with E-state index in [-0.39, 0.29) is 12.3 Å². The predicted molar refractivity (Wildman–Crippen MR) is 75.4 cm³/mol. The smallest absolute Gasteiger partial charge is 0.320 e. The zero-order valence-corrected chi connectivity index (χ0v) is 11.8. The molecule has 1 aliphatic rings. The van der Waals surface area contributed by atoms with E-state index in [9.17, 15) is 9.18 Å². The van der Waals surface area contributed by atoms with Crippen molar-refractivity contribution in [1.29, 1.82) is 0 Å². The summed E-state index contributed by atoms with van der Waals surface area (Å²) < 4.78 is 23.6. The average molecular weight is 297 g/mol. The number of rotatable bonds is 6. The molecule has 21 heavy (non-hydrogen) atoms. The highest BCUT2D eigenvalue weighted by atomic mass is 19.1. The largest absolute Gasteiger partial charge is 0.353 e. The zero-order valence-electron chi connectivity index (χ0n) is 11.8. The van der Waals surface area contributed by atoms with Crippen molar-refractivity contribution in [3.63, 3.8) is 0 Å².